The molecule has 0 atom stereocenters. The van der Waals surface area contributed by atoms with Gasteiger partial charge in [0.2, 0.25) is 0 Å². The maximum absolute atomic E-state index is 8.89. The standard InChI is InChI=1S/C13H16BrNS/c1-13(2,10-15)8-5-9-16-12-7-4-3-6-11(12)14/h3-4,6-7H,5,8-9H2,1-2H3. The van der Waals surface area contributed by atoms with Gasteiger partial charge in [0.1, 0.15) is 0 Å². The van der Waals surface area contributed by atoms with Crippen molar-refractivity contribution in [2.75, 3.05) is 5.75 Å². The molecule has 0 aromatic heterocycles. The molecule has 0 N–H and O–H groups in total. The van der Waals surface area contributed by atoms with E-state index in [1.807, 2.05) is 37.7 Å². The second kappa shape index (κ2) is 6.32. The van der Waals surface area contributed by atoms with E-state index in [1.54, 1.807) is 0 Å². The van der Waals surface area contributed by atoms with Gasteiger partial charge in [-0.3, -0.25) is 0 Å². The quantitative estimate of drug-likeness (QED) is 0.572. The second-order valence-corrected chi connectivity index (χ2v) is 6.37. The monoisotopic (exact) mass is 297 g/mol. The van der Waals surface area contributed by atoms with Gasteiger partial charge in [-0.25, -0.2) is 0 Å². The van der Waals surface area contributed by atoms with Gasteiger partial charge >= 0.3 is 0 Å². The van der Waals surface area contributed by atoms with E-state index in [0.29, 0.717) is 0 Å². The third kappa shape index (κ3) is 4.59. The minimum Gasteiger partial charge on any atom is -0.198 e. The summed E-state index contributed by atoms with van der Waals surface area (Å²) in [5, 5.41) is 8.89. The van der Waals surface area contributed by atoms with Gasteiger partial charge in [-0.05, 0) is 60.5 Å². The Balaban J connectivity index is 2.33. The molecule has 0 heterocycles. The lowest BCUT2D eigenvalue weighted by atomic mass is 9.90. The Hall–Kier alpha value is -0.460. The molecular weight excluding hydrogens is 282 g/mol. The number of nitriles is 1. The molecule has 0 radical (unpaired) electrons. The Kier molecular flexibility index (Phi) is 5.37. The van der Waals surface area contributed by atoms with Crippen LogP contribution in [0.2, 0.25) is 0 Å². The van der Waals surface area contributed by atoms with E-state index in [4.69, 9.17) is 5.26 Å². The molecule has 0 aliphatic carbocycles. The maximum atomic E-state index is 8.89. The summed E-state index contributed by atoms with van der Waals surface area (Å²) in [6.07, 6.45) is 2.04. The summed E-state index contributed by atoms with van der Waals surface area (Å²) in [7, 11) is 0. The van der Waals surface area contributed by atoms with Gasteiger partial charge in [0.05, 0.1) is 11.5 Å². The highest BCUT2D eigenvalue weighted by atomic mass is 79.9. The average Bonchev–Trinajstić information content (AvgIpc) is 2.27. The zero-order chi connectivity index (χ0) is 12.0. The molecule has 1 aromatic rings. The predicted octanol–water partition coefficient (Wildman–Crippen LogP) is 4.87. The van der Waals surface area contributed by atoms with Crippen LogP contribution in [0.15, 0.2) is 33.6 Å². The first-order chi connectivity index (χ1) is 7.55. The highest BCUT2D eigenvalue weighted by molar-refractivity contribution is 9.10. The van der Waals surface area contributed by atoms with Crippen molar-refractivity contribution in [2.45, 2.75) is 31.6 Å². The highest BCUT2D eigenvalue weighted by Crippen LogP contribution is 2.29. The molecule has 0 spiro atoms. The summed E-state index contributed by atoms with van der Waals surface area (Å²) in [5.41, 5.74) is -0.186. The van der Waals surface area contributed by atoms with Crippen LogP contribution in [0.25, 0.3) is 0 Å². The lowest BCUT2D eigenvalue weighted by Crippen LogP contribution is -2.07. The molecule has 86 valence electrons. The van der Waals surface area contributed by atoms with Crippen LogP contribution in [0.3, 0.4) is 0 Å². The Morgan fingerprint density at radius 3 is 2.69 bits per heavy atom. The zero-order valence-corrected chi connectivity index (χ0v) is 12.1. The summed E-state index contributed by atoms with van der Waals surface area (Å²) in [6.45, 7) is 3.99. The topological polar surface area (TPSA) is 23.8 Å². The number of hydrogen-bond acceptors (Lipinski definition) is 2. The van der Waals surface area contributed by atoms with Gasteiger partial charge in [-0.1, -0.05) is 12.1 Å². The van der Waals surface area contributed by atoms with Crippen LogP contribution in [0.5, 0.6) is 0 Å². The van der Waals surface area contributed by atoms with Gasteiger partial charge in [0.25, 0.3) is 0 Å². The van der Waals surface area contributed by atoms with E-state index < -0.39 is 0 Å². The second-order valence-electron chi connectivity index (χ2n) is 4.38. The molecule has 0 amide bonds. The fourth-order valence-corrected chi connectivity index (χ4v) is 2.83. The average molecular weight is 298 g/mol. The first-order valence-electron chi connectivity index (χ1n) is 5.34. The van der Waals surface area contributed by atoms with Crippen molar-refractivity contribution in [2.24, 2.45) is 5.41 Å². The number of thioether (sulfide) groups is 1. The van der Waals surface area contributed by atoms with Gasteiger partial charge in [0.15, 0.2) is 0 Å². The molecule has 0 unspecified atom stereocenters. The summed E-state index contributed by atoms with van der Waals surface area (Å²) < 4.78 is 1.15. The van der Waals surface area contributed by atoms with E-state index in [0.717, 1.165) is 23.1 Å². The Bertz CT molecular complexity index is 382. The molecule has 0 aliphatic rings. The van der Waals surface area contributed by atoms with Crippen LogP contribution in [0.4, 0.5) is 0 Å². The molecule has 1 aromatic carbocycles. The molecule has 0 bridgehead atoms. The summed E-state index contributed by atoms with van der Waals surface area (Å²) in [5.74, 6) is 1.06. The van der Waals surface area contributed by atoms with Crippen LogP contribution >= 0.6 is 27.7 Å². The third-order valence-corrected chi connectivity index (χ3v) is 4.46. The molecule has 1 rings (SSSR count). The van der Waals surface area contributed by atoms with E-state index in [2.05, 4.69) is 34.1 Å². The summed E-state index contributed by atoms with van der Waals surface area (Å²) in [4.78, 5) is 1.28. The number of benzene rings is 1. The number of hydrogen-bond donors (Lipinski definition) is 0. The lowest BCUT2D eigenvalue weighted by Gasteiger charge is -2.14. The number of nitrogens with zero attached hydrogens (tertiary/aromatic N) is 1. The summed E-state index contributed by atoms with van der Waals surface area (Å²) in [6, 6.07) is 10.6. The van der Waals surface area contributed by atoms with E-state index in [9.17, 15) is 0 Å². The van der Waals surface area contributed by atoms with Crippen LogP contribution < -0.4 is 0 Å². The zero-order valence-electron chi connectivity index (χ0n) is 9.66. The number of rotatable bonds is 5. The van der Waals surface area contributed by atoms with Crippen molar-refractivity contribution in [1.29, 1.82) is 5.26 Å². The minimum atomic E-state index is -0.186. The first kappa shape index (κ1) is 13.6. The van der Waals surface area contributed by atoms with Gasteiger partial charge in [-0.2, -0.15) is 5.26 Å². The number of halogens is 1. The third-order valence-electron chi connectivity index (χ3n) is 2.34. The molecule has 3 heteroatoms. The van der Waals surface area contributed by atoms with Gasteiger partial charge in [-0.15, -0.1) is 11.8 Å². The van der Waals surface area contributed by atoms with Crippen molar-refractivity contribution >= 4 is 27.7 Å². The van der Waals surface area contributed by atoms with Crippen molar-refractivity contribution in [1.82, 2.24) is 0 Å². The van der Waals surface area contributed by atoms with E-state index in [1.165, 1.54) is 4.90 Å². The Labute approximate surface area is 110 Å². The van der Waals surface area contributed by atoms with Crippen molar-refractivity contribution in [3.63, 3.8) is 0 Å². The molecular formula is C13H16BrNS. The fraction of sp³-hybridized carbons (Fsp3) is 0.462. The minimum absolute atomic E-state index is 0.186. The normalized spacial score (nSPS) is 11.1. The van der Waals surface area contributed by atoms with Crippen molar-refractivity contribution < 1.29 is 0 Å². The van der Waals surface area contributed by atoms with E-state index in [-0.39, 0.29) is 5.41 Å². The van der Waals surface area contributed by atoms with Gasteiger partial charge in [0, 0.05) is 9.37 Å². The van der Waals surface area contributed by atoms with Crippen LogP contribution in [-0.2, 0) is 0 Å². The Morgan fingerprint density at radius 1 is 1.38 bits per heavy atom. The predicted molar refractivity (Wildman–Crippen MR) is 73.5 cm³/mol. The lowest BCUT2D eigenvalue weighted by molar-refractivity contribution is 0.448. The molecule has 0 saturated heterocycles. The van der Waals surface area contributed by atoms with Crippen molar-refractivity contribution in [3.05, 3.63) is 28.7 Å². The molecule has 0 aliphatic heterocycles. The Morgan fingerprint density at radius 2 is 2.06 bits per heavy atom. The molecule has 0 saturated carbocycles. The van der Waals surface area contributed by atoms with Crippen LogP contribution in [-0.4, -0.2) is 5.75 Å². The highest BCUT2D eigenvalue weighted by Gasteiger charge is 2.15. The summed E-state index contributed by atoms with van der Waals surface area (Å²) >= 11 is 5.37. The molecule has 16 heavy (non-hydrogen) atoms. The van der Waals surface area contributed by atoms with Gasteiger partial charge < -0.3 is 0 Å². The smallest absolute Gasteiger partial charge is 0.0683 e. The van der Waals surface area contributed by atoms with E-state index >= 15 is 0 Å². The van der Waals surface area contributed by atoms with Crippen LogP contribution in [0.1, 0.15) is 26.7 Å². The van der Waals surface area contributed by atoms with Crippen molar-refractivity contribution in [3.8, 4) is 6.07 Å². The molecule has 0 fully saturated rings. The SMILES string of the molecule is CC(C)(C#N)CCCSc1ccccc1Br. The van der Waals surface area contributed by atoms with Crippen LogP contribution in [0, 0.1) is 16.7 Å². The fourth-order valence-electron chi connectivity index (χ4n) is 1.31. The first-order valence-corrected chi connectivity index (χ1v) is 7.11. The largest absolute Gasteiger partial charge is 0.198 e. The molecule has 1 nitrogen and oxygen atoms in total. The maximum Gasteiger partial charge on any atom is 0.0683 e.